The number of carbonyl (C=O) groups is 1. The molecular formula is C22H22N2O3S. The molecule has 1 atom stereocenters. The minimum Gasteiger partial charge on any atom is -0.431 e. The van der Waals surface area contributed by atoms with Gasteiger partial charge in [-0.15, -0.1) is 0 Å². The fraction of sp³-hybridized carbons (Fsp3) is 0.273. The molecule has 2 heterocycles. The first kappa shape index (κ1) is 18.8. The third-order valence-corrected chi connectivity index (χ3v) is 5.40. The highest BCUT2D eigenvalue weighted by Crippen LogP contribution is 2.35. The summed E-state index contributed by atoms with van der Waals surface area (Å²) in [6.07, 6.45) is 2.22. The number of amides is 1. The van der Waals surface area contributed by atoms with Gasteiger partial charge in [0, 0.05) is 24.3 Å². The summed E-state index contributed by atoms with van der Waals surface area (Å²) in [5.74, 6) is 0.936. The highest BCUT2D eigenvalue weighted by Gasteiger charge is 2.19. The van der Waals surface area contributed by atoms with E-state index in [4.69, 9.17) is 9.15 Å². The van der Waals surface area contributed by atoms with Crippen LogP contribution in [0.1, 0.15) is 12.8 Å². The zero-order chi connectivity index (χ0) is 19.2. The maximum Gasteiger partial charge on any atom is 0.257 e. The number of aromatic nitrogens is 1. The molecule has 0 radical (unpaired) electrons. The fourth-order valence-corrected chi connectivity index (χ4v) is 3.81. The SMILES string of the molecule is O=C(CSc1nc(-c2ccccc2)c(-c2ccccc2)o1)NC[C@H]1CCCO1. The molecule has 0 saturated carbocycles. The smallest absolute Gasteiger partial charge is 0.257 e. The Morgan fingerprint density at radius 2 is 1.79 bits per heavy atom. The van der Waals surface area contributed by atoms with Crippen molar-refractivity contribution < 1.29 is 13.9 Å². The van der Waals surface area contributed by atoms with E-state index < -0.39 is 0 Å². The van der Waals surface area contributed by atoms with Crippen LogP contribution < -0.4 is 5.32 Å². The van der Waals surface area contributed by atoms with Crippen molar-refractivity contribution in [3.05, 3.63) is 60.7 Å². The van der Waals surface area contributed by atoms with Crippen LogP contribution in [0.15, 0.2) is 70.3 Å². The van der Waals surface area contributed by atoms with Gasteiger partial charge in [0.15, 0.2) is 5.76 Å². The Balaban J connectivity index is 1.47. The monoisotopic (exact) mass is 394 g/mol. The molecule has 1 aromatic heterocycles. The molecular weight excluding hydrogens is 372 g/mol. The molecule has 1 N–H and O–H groups in total. The first-order valence-corrected chi connectivity index (χ1v) is 10.4. The summed E-state index contributed by atoms with van der Waals surface area (Å²) in [4.78, 5) is 16.8. The van der Waals surface area contributed by atoms with Crippen molar-refractivity contribution in [2.45, 2.75) is 24.2 Å². The topological polar surface area (TPSA) is 64.4 Å². The van der Waals surface area contributed by atoms with E-state index in [1.807, 2.05) is 60.7 Å². The van der Waals surface area contributed by atoms with E-state index in [1.54, 1.807) is 0 Å². The Labute approximate surface area is 168 Å². The molecule has 28 heavy (non-hydrogen) atoms. The molecule has 3 aromatic rings. The molecule has 1 saturated heterocycles. The number of benzene rings is 2. The van der Waals surface area contributed by atoms with Gasteiger partial charge in [0.2, 0.25) is 5.91 Å². The van der Waals surface area contributed by atoms with E-state index in [-0.39, 0.29) is 17.8 Å². The standard InChI is InChI=1S/C22H22N2O3S/c25-19(23-14-18-12-7-13-26-18)15-28-22-24-20(16-8-3-1-4-9-16)21(27-22)17-10-5-2-6-11-17/h1-6,8-11,18H,7,12-15H2,(H,23,25)/t18-/m1/s1. The normalized spacial score (nSPS) is 16.2. The summed E-state index contributed by atoms with van der Waals surface area (Å²) < 4.78 is 11.6. The van der Waals surface area contributed by atoms with Gasteiger partial charge in [0.05, 0.1) is 11.9 Å². The number of carbonyl (C=O) groups excluding carboxylic acids is 1. The molecule has 4 rings (SSSR count). The zero-order valence-corrected chi connectivity index (χ0v) is 16.3. The van der Waals surface area contributed by atoms with Crippen LogP contribution in [0.4, 0.5) is 0 Å². The van der Waals surface area contributed by atoms with Gasteiger partial charge < -0.3 is 14.5 Å². The largest absolute Gasteiger partial charge is 0.431 e. The maximum atomic E-state index is 12.1. The number of hydrogen-bond donors (Lipinski definition) is 1. The minimum absolute atomic E-state index is 0.0405. The molecule has 1 aliphatic rings. The van der Waals surface area contributed by atoms with Crippen LogP contribution in [-0.4, -0.2) is 35.9 Å². The third kappa shape index (κ3) is 4.64. The van der Waals surface area contributed by atoms with Gasteiger partial charge >= 0.3 is 0 Å². The van der Waals surface area contributed by atoms with Gasteiger partial charge in [-0.25, -0.2) is 4.98 Å². The molecule has 5 nitrogen and oxygen atoms in total. The van der Waals surface area contributed by atoms with Crippen LogP contribution in [-0.2, 0) is 9.53 Å². The second kappa shape index (κ2) is 9.08. The van der Waals surface area contributed by atoms with Gasteiger partial charge in [-0.3, -0.25) is 4.79 Å². The number of nitrogens with one attached hydrogen (secondary N) is 1. The summed E-state index contributed by atoms with van der Waals surface area (Å²) in [5, 5.41) is 3.42. The van der Waals surface area contributed by atoms with Crippen LogP contribution in [0, 0.1) is 0 Å². The van der Waals surface area contributed by atoms with E-state index in [9.17, 15) is 4.79 Å². The maximum absolute atomic E-state index is 12.1. The highest BCUT2D eigenvalue weighted by atomic mass is 32.2. The summed E-state index contributed by atoms with van der Waals surface area (Å²) in [5.41, 5.74) is 2.73. The minimum atomic E-state index is -0.0405. The quantitative estimate of drug-likeness (QED) is 0.602. The fourth-order valence-electron chi connectivity index (χ4n) is 3.15. The van der Waals surface area contributed by atoms with Gasteiger partial charge in [-0.05, 0) is 12.8 Å². The lowest BCUT2D eigenvalue weighted by atomic mass is 10.1. The lowest BCUT2D eigenvalue weighted by molar-refractivity contribution is -0.119. The predicted octanol–water partition coefficient (Wildman–Crippen LogP) is 4.40. The predicted molar refractivity (Wildman–Crippen MR) is 110 cm³/mol. The van der Waals surface area contributed by atoms with Crippen molar-refractivity contribution >= 4 is 17.7 Å². The Hall–Kier alpha value is -2.57. The number of rotatable bonds is 7. The van der Waals surface area contributed by atoms with E-state index in [0.717, 1.165) is 36.3 Å². The van der Waals surface area contributed by atoms with Gasteiger partial charge in [0.1, 0.15) is 5.69 Å². The molecule has 6 heteroatoms. The first-order valence-electron chi connectivity index (χ1n) is 9.42. The first-order chi connectivity index (χ1) is 13.8. The molecule has 0 spiro atoms. The average molecular weight is 394 g/mol. The Morgan fingerprint density at radius 1 is 1.07 bits per heavy atom. The van der Waals surface area contributed by atoms with Crippen molar-refractivity contribution in [2.75, 3.05) is 18.9 Å². The molecule has 1 amide bonds. The van der Waals surface area contributed by atoms with Gasteiger partial charge in [-0.2, -0.15) is 0 Å². The van der Waals surface area contributed by atoms with E-state index in [0.29, 0.717) is 17.5 Å². The van der Waals surface area contributed by atoms with Crippen molar-refractivity contribution in [3.63, 3.8) is 0 Å². The van der Waals surface area contributed by atoms with Crippen molar-refractivity contribution in [3.8, 4) is 22.6 Å². The molecule has 1 aliphatic heterocycles. The Kier molecular flexibility index (Phi) is 6.09. The van der Waals surface area contributed by atoms with E-state index >= 15 is 0 Å². The van der Waals surface area contributed by atoms with E-state index in [1.165, 1.54) is 11.8 Å². The lowest BCUT2D eigenvalue weighted by Gasteiger charge is -2.09. The Morgan fingerprint density at radius 3 is 2.46 bits per heavy atom. The van der Waals surface area contributed by atoms with Crippen molar-refractivity contribution in [1.82, 2.24) is 10.3 Å². The van der Waals surface area contributed by atoms with Crippen LogP contribution in [0.3, 0.4) is 0 Å². The van der Waals surface area contributed by atoms with Gasteiger partial charge in [0.25, 0.3) is 5.22 Å². The Bertz CT molecular complexity index is 849. The molecule has 2 aromatic carbocycles. The van der Waals surface area contributed by atoms with Crippen LogP contribution >= 0.6 is 11.8 Å². The summed E-state index contributed by atoms with van der Waals surface area (Å²) >= 11 is 1.30. The number of hydrogen-bond acceptors (Lipinski definition) is 5. The number of thioether (sulfide) groups is 1. The summed E-state index contributed by atoms with van der Waals surface area (Å²) in [6, 6.07) is 19.8. The molecule has 0 unspecified atom stereocenters. The second-order valence-corrected chi connectivity index (χ2v) is 7.54. The third-order valence-electron chi connectivity index (χ3n) is 4.57. The second-order valence-electron chi connectivity index (χ2n) is 6.62. The molecule has 144 valence electrons. The summed E-state index contributed by atoms with van der Waals surface area (Å²) in [7, 11) is 0. The number of nitrogens with zero attached hydrogens (tertiary/aromatic N) is 1. The van der Waals surface area contributed by atoms with Crippen LogP contribution in [0.25, 0.3) is 22.6 Å². The molecule has 1 fully saturated rings. The number of oxazole rings is 1. The van der Waals surface area contributed by atoms with Gasteiger partial charge in [-0.1, -0.05) is 72.4 Å². The molecule has 0 bridgehead atoms. The van der Waals surface area contributed by atoms with Crippen LogP contribution in [0.2, 0.25) is 0 Å². The average Bonchev–Trinajstić information content (AvgIpc) is 3.42. The van der Waals surface area contributed by atoms with Crippen LogP contribution in [0.5, 0.6) is 0 Å². The summed E-state index contributed by atoms with van der Waals surface area (Å²) in [6.45, 7) is 1.35. The lowest BCUT2D eigenvalue weighted by Crippen LogP contribution is -2.32. The van der Waals surface area contributed by atoms with Crippen molar-refractivity contribution in [2.24, 2.45) is 0 Å². The molecule has 0 aliphatic carbocycles. The van der Waals surface area contributed by atoms with Crippen molar-refractivity contribution in [1.29, 1.82) is 0 Å². The highest BCUT2D eigenvalue weighted by molar-refractivity contribution is 7.99. The zero-order valence-electron chi connectivity index (χ0n) is 15.5. The van der Waals surface area contributed by atoms with E-state index in [2.05, 4.69) is 10.3 Å². The number of ether oxygens (including phenoxy) is 1.